The summed E-state index contributed by atoms with van der Waals surface area (Å²) in [5, 5.41) is 11.2. The zero-order valence-corrected chi connectivity index (χ0v) is 10.0. The summed E-state index contributed by atoms with van der Waals surface area (Å²) in [7, 11) is 0. The Hall–Kier alpha value is -2.04. The van der Waals surface area contributed by atoms with Gasteiger partial charge in [0.2, 0.25) is 0 Å². The van der Waals surface area contributed by atoms with Crippen LogP contribution in [0.1, 0.15) is 23.2 Å². The van der Waals surface area contributed by atoms with Gasteiger partial charge in [-0.25, -0.2) is 4.79 Å². The first-order valence-electron chi connectivity index (χ1n) is 5.99. The van der Waals surface area contributed by atoms with Gasteiger partial charge in [0.05, 0.1) is 0 Å². The normalized spacial score (nSPS) is 16.3. The molecule has 0 atom stereocenters. The third-order valence-electron chi connectivity index (χ3n) is 3.23. The third kappa shape index (κ3) is 2.80. The summed E-state index contributed by atoms with van der Waals surface area (Å²) < 4.78 is 0. The van der Waals surface area contributed by atoms with Crippen molar-refractivity contribution < 1.29 is 14.7 Å². The number of carboxylic acid groups (broad SMARTS) is 1. The lowest BCUT2D eigenvalue weighted by molar-refractivity contribution is 0.112. The number of hydrogen-bond donors (Lipinski definition) is 2. The van der Waals surface area contributed by atoms with Gasteiger partial charge >= 0.3 is 6.09 Å². The van der Waals surface area contributed by atoms with Gasteiger partial charge in [0, 0.05) is 30.4 Å². The summed E-state index contributed by atoms with van der Waals surface area (Å²) in [4.78, 5) is 23.6. The SMILES string of the molecule is O=Cc1ccccc1N1CCC(NC(=O)O)CC1. The van der Waals surface area contributed by atoms with Crippen molar-refractivity contribution in [3.63, 3.8) is 0 Å². The predicted octanol–water partition coefficient (Wildman–Crippen LogP) is 1.74. The number of para-hydroxylation sites is 1. The van der Waals surface area contributed by atoms with E-state index < -0.39 is 6.09 Å². The van der Waals surface area contributed by atoms with Crippen molar-refractivity contribution in [3.05, 3.63) is 29.8 Å². The molecule has 1 aromatic carbocycles. The number of aldehydes is 1. The molecule has 5 heteroatoms. The van der Waals surface area contributed by atoms with Crippen LogP contribution in [0, 0.1) is 0 Å². The van der Waals surface area contributed by atoms with Gasteiger partial charge in [-0.2, -0.15) is 0 Å². The van der Waals surface area contributed by atoms with Gasteiger partial charge in [-0.3, -0.25) is 4.79 Å². The smallest absolute Gasteiger partial charge is 0.404 e. The molecule has 0 spiro atoms. The molecule has 1 aromatic rings. The van der Waals surface area contributed by atoms with Gasteiger partial charge in [-0.1, -0.05) is 12.1 Å². The maximum atomic E-state index is 11.0. The van der Waals surface area contributed by atoms with Gasteiger partial charge in [-0.05, 0) is 25.0 Å². The molecule has 1 aliphatic rings. The molecule has 0 saturated carbocycles. The van der Waals surface area contributed by atoms with Crippen LogP contribution in [0.25, 0.3) is 0 Å². The number of nitrogens with one attached hydrogen (secondary N) is 1. The van der Waals surface area contributed by atoms with Gasteiger partial charge in [0.25, 0.3) is 0 Å². The van der Waals surface area contributed by atoms with Crippen LogP contribution >= 0.6 is 0 Å². The minimum absolute atomic E-state index is 0.0159. The fourth-order valence-corrected chi connectivity index (χ4v) is 2.31. The van der Waals surface area contributed by atoms with E-state index in [4.69, 9.17) is 5.11 Å². The van der Waals surface area contributed by atoms with Crippen molar-refractivity contribution >= 4 is 18.1 Å². The monoisotopic (exact) mass is 248 g/mol. The Balaban J connectivity index is 2.01. The van der Waals surface area contributed by atoms with Crippen molar-refractivity contribution in [2.45, 2.75) is 18.9 Å². The van der Waals surface area contributed by atoms with Crippen molar-refractivity contribution in [2.75, 3.05) is 18.0 Å². The molecule has 1 aliphatic heterocycles. The van der Waals surface area contributed by atoms with Gasteiger partial charge in [0.15, 0.2) is 6.29 Å². The van der Waals surface area contributed by atoms with E-state index >= 15 is 0 Å². The largest absolute Gasteiger partial charge is 0.465 e. The Morgan fingerprint density at radius 2 is 2.00 bits per heavy atom. The molecule has 1 amide bonds. The fraction of sp³-hybridized carbons (Fsp3) is 0.385. The second-order valence-corrected chi connectivity index (χ2v) is 4.39. The molecule has 18 heavy (non-hydrogen) atoms. The number of nitrogens with zero attached hydrogens (tertiary/aromatic N) is 1. The Kier molecular flexibility index (Phi) is 3.82. The zero-order valence-electron chi connectivity index (χ0n) is 10.0. The number of rotatable bonds is 3. The molecule has 2 rings (SSSR count). The van der Waals surface area contributed by atoms with E-state index in [9.17, 15) is 9.59 Å². The zero-order chi connectivity index (χ0) is 13.0. The molecule has 0 bridgehead atoms. The summed E-state index contributed by atoms with van der Waals surface area (Å²) in [6.07, 6.45) is 1.41. The van der Waals surface area contributed by atoms with Crippen molar-refractivity contribution in [2.24, 2.45) is 0 Å². The molecule has 96 valence electrons. The molecule has 5 nitrogen and oxygen atoms in total. The second-order valence-electron chi connectivity index (χ2n) is 4.39. The highest BCUT2D eigenvalue weighted by Gasteiger charge is 2.21. The Bertz CT molecular complexity index is 440. The summed E-state index contributed by atoms with van der Waals surface area (Å²) in [5.74, 6) is 0. The van der Waals surface area contributed by atoms with Gasteiger partial charge < -0.3 is 15.3 Å². The van der Waals surface area contributed by atoms with E-state index in [0.29, 0.717) is 5.56 Å². The topological polar surface area (TPSA) is 69.6 Å². The van der Waals surface area contributed by atoms with Crippen LogP contribution in [-0.2, 0) is 0 Å². The van der Waals surface area contributed by atoms with Crippen molar-refractivity contribution in [3.8, 4) is 0 Å². The first-order chi connectivity index (χ1) is 8.70. The van der Waals surface area contributed by atoms with E-state index in [2.05, 4.69) is 10.2 Å². The van der Waals surface area contributed by atoms with Crippen LogP contribution in [0.3, 0.4) is 0 Å². The van der Waals surface area contributed by atoms with Crippen LogP contribution in [0.15, 0.2) is 24.3 Å². The average molecular weight is 248 g/mol. The minimum Gasteiger partial charge on any atom is -0.465 e. The number of benzene rings is 1. The standard InChI is InChI=1S/C13H16N2O3/c16-9-10-3-1-2-4-12(10)15-7-5-11(6-8-15)14-13(17)18/h1-4,9,11,14H,5-8H2,(H,17,18). The fourth-order valence-electron chi connectivity index (χ4n) is 2.31. The van der Waals surface area contributed by atoms with E-state index in [1.807, 2.05) is 18.2 Å². The maximum Gasteiger partial charge on any atom is 0.404 e. The molecule has 0 radical (unpaired) electrons. The Labute approximate surface area is 105 Å². The second kappa shape index (κ2) is 5.53. The first-order valence-corrected chi connectivity index (χ1v) is 5.99. The molecule has 1 fully saturated rings. The summed E-state index contributed by atoms with van der Waals surface area (Å²) >= 11 is 0. The quantitative estimate of drug-likeness (QED) is 0.799. The predicted molar refractivity (Wildman–Crippen MR) is 68.2 cm³/mol. The van der Waals surface area contributed by atoms with Crippen LogP contribution in [0.2, 0.25) is 0 Å². The van der Waals surface area contributed by atoms with E-state index in [1.165, 1.54) is 0 Å². The number of amides is 1. The summed E-state index contributed by atoms with van der Waals surface area (Å²) in [5.41, 5.74) is 1.61. The van der Waals surface area contributed by atoms with Crippen LogP contribution in [0.4, 0.5) is 10.5 Å². The van der Waals surface area contributed by atoms with Crippen molar-refractivity contribution in [1.29, 1.82) is 0 Å². The first kappa shape index (κ1) is 12.4. The van der Waals surface area contributed by atoms with Gasteiger partial charge in [0.1, 0.15) is 0 Å². The molecular weight excluding hydrogens is 232 g/mol. The van der Waals surface area contributed by atoms with Crippen molar-refractivity contribution in [1.82, 2.24) is 5.32 Å². The van der Waals surface area contributed by atoms with Crippen LogP contribution in [-0.4, -0.2) is 36.6 Å². The Morgan fingerprint density at radius 1 is 1.33 bits per heavy atom. The van der Waals surface area contributed by atoms with E-state index in [-0.39, 0.29) is 6.04 Å². The molecule has 1 saturated heterocycles. The highest BCUT2D eigenvalue weighted by molar-refractivity contribution is 5.84. The number of carbonyl (C=O) groups is 2. The number of hydrogen-bond acceptors (Lipinski definition) is 3. The lowest BCUT2D eigenvalue weighted by Gasteiger charge is -2.34. The third-order valence-corrected chi connectivity index (χ3v) is 3.23. The molecule has 0 aliphatic carbocycles. The molecule has 1 heterocycles. The molecule has 0 unspecified atom stereocenters. The molecule has 0 aromatic heterocycles. The highest BCUT2D eigenvalue weighted by atomic mass is 16.4. The highest BCUT2D eigenvalue weighted by Crippen LogP contribution is 2.22. The number of carbonyl (C=O) groups excluding carboxylic acids is 1. The van der Waals surface area contributed by atoms with E-state index in [1.54, 1.807) is 6.07 Å². The summed E-state index contributed by atoms with van der Waals surface area (Å²) in [6.45, 7) is 1.52. The Morgan fingerprint density at radius 3 is 2.61 bits per heavy atom. The molecule has 2 N–H and O–H groups in total. The van der Waals surface area contributed by atoms with E-state index in [0.717, 1.165) is 37.9 Å². The lowest BCUT2D eigenvalue weighted by Crippen LogP contribution is -2.44. The minimum atomic E-state index is -0.971. The maximum absolute atomic E-state index is 11.0. The summed E-state index contributed by atoms with van der Waals surface area (Å²) in [6, 6.07) is 7.48. The number of anilines is 1. The van der Waals surface area contributed by atoms with Gasteiger partial charge in [-0.15, -0.1) is 0 Å². The average Bonchev–Trinajstić information content (AvgIpc) is 2.39. The lowest BCUT2D eigenvalue weighted by atomic mass is 10.0. The van der Waals surface area contributed by atoms with Crippen LogP contribution in [0.5, 0.6) is 0 Å². The molecular formula is C13H16N2O3. The number of piperidine rings is 1. The van der Waals surface area contributed by atoms with Crippen LogP contribution < -0.4 is 10.2 Å².